The molecule has 2 aromatic heterocycles. The number of nitrogens with zero attached hydrogens (tertiary/aromatic N) is 3. The molecule has 0 aliphatic rings. The van der Waals surface area contributed by atoms with Crippen LogP contribution < -0.4 is 10.1 Å². The molecule has 0 aliphatic heterocycles. The molecule has 6 nitrogen and oxygen atoms in total. The molecule has 24 heavy (non-hydrogen) atoms. The second-order valence-corrected chi connectivity index (χ2v) is 5.98. The van der Waals surface area contributed by atoms with Crippen LogP contribution in [-0.4, -0.2) is 26.6 Å². The molecule has 124 valence electrons. The fraction of sp³-hybridized carbons (Fsp3) is 0.278. The number of hydrogen-bond donors (Lipinski definition) is 1. The molecule has 3 rings (SSSR count). The highest BCUT2D eigenvalue weighted by molar-refractivity contribution is 6.03. The van der Waals surface area contributed by atoms with Gasteiger partial charge in [-0.3, -0.25) is 4.79 Å². The standard InChI is InChI=1S/C18H20N4O2/c1-11(2)24-15-7-5-14(6-8-15)19-18(23)16-10-13(4)22-17(20-16)9-12(3)21-22/h5-11H,1-4H3,(H,19,23). The largest absolute Gasteiger partial charge is 0.491 e. The maximum Gasteiger partial charge on any atom is 0.274 e. The van der Waals surface area contributed by atoms with Crippen molar-refractivity contribution in [1.82, 2.24) is 14.6 Å². The molecule has 0 unspecified atom stereocenters. The Hall–Kier alpha value is -2.89. The third-order valence-electron chi connectivity index (χ3n) is 3.44. The first-order valence-corrected chi connectivity index (χ1v) is 7.84. The Morgan fingerprint density at radius 1 is 1.17 bits per heavy atom. The third-order valence-corrected chi connectivity index (χ3v) is 3.44. The second kappa shape index (κ2) is 6.31. The first kappa shape index (κ1) is 16.0. The highest BCUT2D eigenvalue weighted by Crippen LogP contribution is 2.18. The number of aromatic nitrogens is 3. The number of nitrogens with one attached hydrogen (secondary N) is 1. The molecule has 0 bridgehead atoms. The van der Waals surface area contributed by atoms with E-state index in [0.717, 1.165) is 17.1 Å². The van der Waals surface area contributed by atoms with Crippen molar-refractivity contribution in [1.29, 1.82) is 0 Å². The predicted molar refractivity (Wildman–Crippen MR) is 92.6 cm³/mol. The summed E-state index contributed by atoms with van der Waals surface area (Å²) in [7, 11) is 0. The zero-order valence-corrected chi connectivity index (χ0v) is 14.2. The topological polar surface area (TPSA) is 68.5 Å². The number of ether oxygens (including phenoxy) is 1. The van der Waals surface area contributed by atoms with Crippen LogP contribution in [0.2, 0.25) is 0 Å². The number of fused-ring (bicyclic) bond motifs is 1. The van der Waals surface area contributed by atoms with E-state index >= 15 is 0 Å². The fourth-order valence-electron chi connectivity index (χ4n) is 2.44. The van der Waals surface area contributed by atoms with Gasteiger partial charge in [-0.1, -0.05) is 0 Å². The molecule has 6 heteroatoms. The zero-order valence-electron chi connectivity index (χ0n) is 14.2. The van der Waals surface area contributed by atoms with Gasteiger partial charge < -0.3 is 10.1 Å². The number of aryl methyl sites for hydroxylation is 2. The van der Waals surface area contributed by atoms with E-state index in [-0.39, 0.29) is 12.0 Å². The summed E-state index contributed by atoms with van der Waals surface area (Å²) in [6.07, 6.45) is 0.114. The first-order chi connectivity index (χ1) is 11.4. The summed E-state index contributed by atoms with van der Waals surface area (Å²) in [6.45, 7) is 7.74. The van der Waals surface area contributed by atoms with E-state index in [0.29, 0.717) is 17.0 Å². The minimum absolute atomic E-state index is 0.114. The average molecular weight is 324 g/mol. The molecule has 1 aromatic carbocycles. The zero-order chi connectivity index (χ0) is 17.3. The van der Waals surface area contributed by atoms with Gasteiger partial charge in [0.2, 0.25) is 0 Å². The lowest BCUT2D eigenvalue weighted by Crippen LogP contribution is -2.15. The van der Waals surface area contributed by atoms with Crippen molar-refractivity contribution in [2.75, 3.05) is 5.32 Å². The number of amides is 1. The Kier molecular flexibility index (Phi) is 4.20. The maximum atomic E-state index is 12.4. The Labute approximate surface area is 140 Å². The first-order valence-electron chi connectivity index (χ1n) is 7.84. The molecular formula is C18H20N4O2. The summed E-state index contributed by atoms with van der Waals surface area (Å²) in [6, 6.07) is 10.9. The number of rotatable bonds is 4. The van der Waals surface area contributed by atoms with E-state index < -0.39 is 0 Å². The molecule has 0 spiro atoms. The smallest absolute Gasteiger partial charge is 0.274 e. The van der Waals surface area contributed by atoms with Crippen LogP contribution in [0.4, 0.5) is 5.69 Å². The van der Waals surface area contributed by atoms with Gasteiger partial charge in [0.1, 0.15) is 11.4 Å². The summed E-state index contributed by atoms with van der Waals surface area (Å²) in [5, 5.41) is 7.19. The van der Waals surface area contributed by atoms with Crippen molar-refractivity contribution >= 4 is 17.2 Å². The fourth-order valence-corrected chi connectivity index (χ4v) is 2.44. The number of benzene rings is 1. The normalized spacial score (nSPS) is 11.0. The maximum absolute atomic E-state index is 12.4. The van der Waals surface area contributed by atoms with Crippen LogP contribution in [0.5, 0.6) is 5.75 Å². The van der Waals surface area contributed by atoms with Gasteiger partial charge >= 0.3 is 0 Å². The molecular weight excluding hydrogens is 304 g/mol. The van der Waals surface area contributed by atoms with Crippen LogP contribution >= 0.6 is 0 Å². The van der Waals surface area contributed by atoms with E-state index in [1.54, 1.807) is 10.6 Å². The molecule has 0 aliphatic carbocycles. The van der Waals surface area contributed by atoms with Gasteiger partial charge in [-0.15, -0.1) is 0 Å². The quantitative estimate of drug-likeness (QED) is 0.799. The highest BCUT2D eigenvalue weighted by Gasteiger charge is 2.12. The van der Waals surface area contributed by atoms with Crippen molar-refractivity contribution in [2.24, 2.45) is 0 Å². The monoisotopic (exact) mass is 324 g/mol. The van der Waals surface area contributed by atoms with Gasteiger partial charge in [0, 0.05) is 17.4 Å². The lowest BCUT2D eigenvalue weighted by atomic mass is 10.2. The average Bonchev–Trinajstić information content (AvgIpc) is 2.89. The van der Waals surface area contributed by atoms with Crippen molar-refractivity contribution in [2.45, 2.75) is 33.8 Å². The van der Waals surface area contributed by atoms with Crippen molar-refractivity contribution in [3.63, 3.8) is 0 Å². The SMILES string of the molecule is Cc1cc2nc(C(=O)Nc3ccc(OC(C)C)cc3)cc(C)n2n1. The van der Waals surface area contributed by atoms with Crippen LogP contribution in [0.15, 0.2) is 36.4 Å². The summed E-state index contributed by atoms with van der Waals surface area (Å²) in [5.41, 5.74) is 3.45. The summed E-state index contributed by atoms with van der Waals surface area (Å²) >= 11 is 0. The summed E-state index contributed by atoms with van der Waals surface area (Å²) in [5.74, 6) is 0.519. The second-order valence-electron chi connectivity index (χ2n) is 5.98. The Morgan fingerprint density at radius 3 is 2.54 bits per heavy atom. The lowest BCUT2D eigenvalue weighted by Gasteiger charge is -2.10. The molecule has 0 atom stereocenters. The highest BCUT2D eigenvalue weighted by atomic mass is 16.5. The Balaban J connectivity index is 1.79. The molecule has 2 heterocycles. The van der Waals surface area contributed by atoms with Gasteiger partial charge in [0.05, 0.1) is 11.8 Å². The van der Waals surface area contributed by atoms with Crippen LogP contribution in [0.3, 0.4) is 0 Å². The molecule has 0 saturated heterocycles. The minimum atomic E-state index is -0.253. The van der Waals surface area contributed by atoms with Crippen LogP contribution in [0.25, 0.3) is 5.65 Å². The molecule has 1 amide bonds. The molecule has 0 radical (unpaired) electrons. The van der Waals surface area contributed by atoms with Crippen LogP contribution in [-0.2, 0) is 0 Å². The number of carbonyl (C=O) groups is 1. The van der Waals surface area contributed by atoms with Gasteiger partial charge in [-0.25, -0.2) is 9.50 Å². The lowest BCUT2D eigenvalue weighted by molar-refractivity contribution is 0.102. The van der Waals surface area contributed by atoms with E-state index in [1.165, 1.54) is 0 Å². The van der Waals surface area contributed by atoms with E-state index in [1.807, 2.05) is 58.0 Å². The van der Waals surface area contributed by atoms with E-state index in [2.05, 4.69) is 15.4 Å². The summed E-state index contributed by atoms with van der Waals surface area (Å²) < 4.78 is 7.32. The van der Waals surface area contributed by atoms with Crippen molar-refractivity contribution in [3.8, 4) is 5.75 Å². The summed E-state index contributed by atoms with van der Waals surface area (Å²) in [4.78, 5) is 16.8. The van der Waals surface area contributed by atoms with Crippen molar-refractivity contribution < 1.29 is 9.53 Å². The molecule has 0 saturated carbocycles. The van der Waals surface area contributed by atoms with Gasteiger partial charge in [-0.05, 0) is 58.0 Å². The van der Waals surface area contributed by atoms with Gasteiger partial charge in [0.25, 0.3) is 5.91 Å². The Bertz CT molecular complexity index is 882. The number of carbonyl (C=O) groups excluding carboxylic acids is 1. The Morgan fingerprint density at radius 2 is 1.88 bits per heavy atom. The molecule has 0 fully saturated rings. The van der Waals surface area contributed by atoms with Gasteiger partial charge in [-0.2, -0.15) is 5.10 Å². The van der Waals surface area contributed by atoms with Crippen molar-refractivity contribution in [3.05, 3.63) is 53.5 Å². The van der Waals surface area contributed by atoms with Gasteiger partial charge in [0.15, 0.2) is 5.65 Å². The third kappa shape index (κ3) is 3.37. The van der Waals surface area contributed by atoms with Crippen LogP contribution in [0, 0.1) is 13.8 Å². The molecule has 1 N–H and O–H groups in total. The number of anilines is 1. The number of hydrogen-bond acceptors (Lipinski definition) is 4. The molecule has 3 aromatic rings. The van der Waals surface area contributed by atoms with E-state index in [9.17, 15) is 4.79 Å². The predicted octanol–water partition coefficient (Wildman–Crippen LogP) is 3.39. The van der Waals surface area contributed by atoms with E-state index in [4.69, 9.17) is 4.74 Å². The minimum Gasteiger partial charge on any atom is -0.491 e. The van der Waals surface area contributed by atoms with Crippen LogP contribution in [0.1, 0.15) is 35.7 Å².